The predicted octanol–water partition coefficient (Wildman–Crippen LogP) is 2.79. The lowest BCUT2D eigenvalue weighted by atomic mass is 10.0. The van der Waals surface area contributed by atoms with Crippen LogP contribution >= 0.6 is 11.8 Å². The summed E-state index contributed by atoms with van der Waals surface area (Å²) in [6.07, 6.45) is 0.722. The quantitative estimate of drug-likeness (QED) is 0.923. The van der Waals surface area contributed by atoms with Crippen LogP contribution in [0.1, 0.15) is 24.9 Å². The van der Waals surface area contributed by atoms with Gasteiger partial charge in [-0.25, -0.2) is 8.78 Å². The highest BCUT2D eigenvalue weighted by molar-refractivity contribution is 7.99. The average Bonchev–Trinajstić information content (AvgIpc) is 2.35. The van der Waals surface area contributed by atoms with Crippen molar-refractivity contribution in [2.45, 2.75) is 24.6 Å². The second kappa shape index (κ2) is 6.68. The molecule has 19 heavy (non-hydrogen) atoms. The van der Waals surface area contributed by atoms with E-state index in [0.717, 1.165) is 37.9 Å². The molecule has 2 atom stereocenters. The molecule has 1 heterocycles. The fraction of sp³-hybridized carbons (Fsp3) is 0.571. The lowest BCUT2D eigenvalue weighted by Gasteiger charge is -2.31. The third kappa shape index (κ3) is 4.44. The Balaban J connectivity index is 1.88. The molecule has 2 nitrogen and oxygen atoms in total. The molecule has 0 saturated carbocycles. The first-order valence-electron chi connectivity index (χ1n) is 6.60. The van der Waals surface area contributed by atoms with E-state index in [0.29, 0.717) is 10.8 Å². The lowest BCUT2D eigenvalue weighted by Crippen LogP contribution is -2.38. The highest BCUT2D eigenvalue weighted by Crippen LogP contribution is 2.21. The van der Waals surface area contributed by atoms with E-state index < -0.39 is 11.6 Å². The maximum atomic E-state index is 13.1. The van der Waals surface area contributed by atoms with E-state index in [1.807, 2.05) is 11.8 Å². The fourth-order valence-electron chi connectivity index (χ4n) is 2.37. The predicted molar refractivity (Wildman–Crippen MR) is 76.3 cm³/mol. The molecular formula is C14H20F2N2S. The summed E-state index contributed by atoms with van der Waals surface area (Å²) in [5.41, 5.74) is 6.56. The number of nitrogens with two attached hydrogens (primary N) is 1. The van der Waals surface area contributed by atoms with Crippen LogP contribution in [0.15, 0.2) is 18.2 Å². The summed E-state index contributed by atoms with van der Waals surface area (Å²) in [6.45, 7) is 5.23. The van der Waals surface area contributed by atoms with Crippen LogP contribution < -0.4 is 5.73 Å². The van der Waals surface area contributed by atoms with Gasteiger partial charge in [-0.05, 0) is 24.1 Å². The van der Waals surface area contributed by atoms with Gasteiger partial charge in [0.15, 0.2) is 0 Å². The molecule has 1 aromatic carbocycles. The first kappa shape index (κ1) is 14.8. The van der Waals surface area contributed by atoms with Crippen LogP contribution in [-0.2, 0) is 0 Å². The Morgan fingerprint density at radius 2 is 2.05 bits per heavy atom. The van der Waals surface area contributed by atoms with Crippen LogP contribution in [-0.4, -0.2) is 35.5 Å². The van der Waals surface area contributed by atoms with E-state index in [2.05, 4.69) is 11.8 Å². The van der Waals surface area contributed by atoms with Gasteiger partial charge >= 0.3 is 0 Å². The van der Waals surface area contributed by atoms with E-state index in [9.17, 15) is 8.78 Å². The summed E-state index contributed by atoms with van der Waals surface area (Å²) in [4.78, 5) is 2.37. The van der Waals surface area contributed by atoms with Crippen molar-refractivity contribution in [2.24, 2.45) is 5.73 Å². The van der Waals surface area contributed by atoms with Crippen molar-refractivity contribution in [3.63, 3.8) is 0 Å². The molecule has 2 rings (SSSR count). The van der Waals surface area contributed by atoms with Gasteiger partial charge in [-0.2, -0.15) is 11.8 Å². The molecule has 2 unspecified atom stereocenters. The van der Waals surface area contributed by atoms with Gasteiger partial charge < -0.3 is 10.6 Å². The summed E-state index contributed by atoms with van der Waals surface area (Å²) in [6, 6.07) is 3.21. The minimum Gasteiger partial charge on any atom is -0.324 e. The van der Waals surface area contributed by atoms with Gasteiger partial charge in [0.2, 0.25) is 0 Å². The Morgan fingerprint density at radius 1 is 1.37 bits per heavy atom. The van der Waals surface area contributed by atoms with Crippen molar-refractivity contribution in [3.8, 4) is 0 Å². The Hall–Kier alpha value is -0.650. The van der Waals surface area contributed by atoms with Gasteiger partial charge in [-0.3, -0.25) is 0 Å². The van der Waals surface area contributed by atoms with Crippen LogP contribution in [0.25, 0.3) is 0 Å². The van der Waals surface area contributed by atoms with Crippen LogP contribution in [0.3, 0.4) is 0 Å². The minimum absolute atomic E-state index is 0.310. The van der Waals surface area contributed by atoms with Crippen LogP contribution in [0, 0.1) is 11.6 Å². The van der Waals surface area contributed by atoms with Crippen LogP contribution in [0.5, 0.6) is 0 Å². The van der Waals surface area contributed by atoms with Gasteiger partial charge in [0.25, 0.3) is 0 Å². The molecule has 0 aliphatic carbocycles. The molecule has 0 bridgehead atoms. The molecule has 1 saturated heterocycles. The number of hydrogen-bond donors (Lipinski definition) is 1. The maximum absolute atomic E-state index is 13.1. The Labute approximate surface area is 117 Å². The highest BCUT2D eigenvalue weighted by atomic mass is 32.2. The smallest absolute Gasteiger partial charge is 0.126 e. The number of hydrogen-bond acceptors (Lipinski definition) is 3. The molecule has 2 N–H and O–H groups in total. The SMILES string of the molecule is CC1CN(CCC(N)c2cc(F)cc(F)c2)CCS1. The maximum Gasteiger partial charge on any atom is 0.126 e. The number of thioether (sulfide) groups is 1. The lowest BCUT2D eigenvalue weighted by molar-refractivity contribution is 0.275. The van der Waals surface area contributed by atoms with E-state index in [4.69, 9.17) is 5.73 Å². The molecule has 0 spiro atoms. The molecule has 0 aromatic heterocycles. The number of benzene rings is 1. The molecular weight excluding hydrogens is 266 g/mol. The first-order chi connectivity index (χ1) is 9.04. The molecule has 5 heteroatoms. The zero-order valence-electron chi connectivity index (χ0n) is 11.1. The van der Waals surface area contributed by atoms with E-state index in [1.165, 1.54) is 12.1 Å². The van der Waals surface area contributed by atoms with Crippen molar-refractivity contribution >= 4 is 11.8 Å². The summed E-state index contributed by atoms with van der Waals surface area (Å²) < 4.78 is 26.3. The normalized spacial score (nSPS) is 22.4. The molecule has 106 valence electrons. The van der Waals surface area contributed by atoms with Gasteiger partial charge in [0.05, 0.1) is 0 Å². The monoisotopic (exact) mass is 286 g/mol. The molecule has 0 radical (unpaired) electrons. The number of nitrogens with zero attached hydrogens (tertiary/aromatic N) is 1. The van der Waals surface area contributed by atoms with Crippen LogP contribution in [0.4, 0.5) is 8.78 Å². The van der Waals surface area contributed by atoms with Crippen molar-refractivity contribution in [1.82, 2.24) is 4.90 Å². The Bertz CT molecular complexity index is 408. The van der Waals surface area contributed by atoms with Gasteiger partial charge in [0.1, 0.15) is 11.6 Å². The summed E-state index contributed by atoms with van der Waals surface area (Å²) in [7, 11) is 0. The van der Waals surface area contributed by atoms with Crippen molar-refractivity contribution in [1.29, 1.82) is 0 Å². The van der Waals surface area contributed by atoms with E-state index in [1.54, 1.807) is 0 Å². The zero-order chi connectivity index (χ0) is 13.8. The zero-order valence-corrected chi connectivity index (χ0v) is 11.9. The summed E-state index contributed by atoms with van der Waals surface area (Å²) in [5, 5.41) is 0.650. The molecule has 1 fully saturated rings. The molecule has 1 aromatic rings. The third-order valence-corrected chi connectivity index (χ3v) is 4.53. The van der Waals surface area contributed by atoms with Gasteiger partial charge in [-0.15, -0.1) is 0 Å². The van der Waals surface area contributed by atoms with Gasteiger partial charge in [-0.1, -0.05) is 6.92 Å². The molecule has 0 amide bonds. The van der Waals surface area contributed by atoms with Crippen molar-refractivity contribution < 1.29 is 8.78 Å². The minimum atomic E-state index is -0.562. The van der Waals surface area contributed by atoms with Crippen molar-refractivity contribution in [3.05, 3.63) is 35.4 Å². The van der Waals surface area contributed by atoms with Crippen molar-refractivity contribution in [2.75, 3.05) is 25.4 Å². The Morgan fingerprint density at radius 3 is 2.68 bits per heavy atom. The third-order valence-electron chi connectivity index (χ3n) is 3.39. The molecule has 1 aliphatic rings. The van der Waals surface area contributed by atoms with E-state index >= 15 is 0 Å². The fourth-order valence-corrected chi connectivity index (χ4v) is 3.45. The number of halogens is 2. The molecule has 1 aliphatic heterocycles. The highest BCUT2D eigenvalue weighted by Gasteiger charge is 2.17. The second-order valence-electron chi connectivity index (χ2n) is 5.08. The van der Waals surface area contributed by atoms with Gasteiger partial charge in [0, 0.05) is 42.7 Å². The van der Waals surface area contributed by atoms with E-state index in [-0.39, 0.29) is 6.04 Å². The second-order valence-corrected chi connectivity index (χ2v) is 6.63. The standard InChI is InChI=1S/C14H20F2N2S/c1-10-9-18(4-5-19-10)3-2-14(17)11-6-12(15)8-13(16)7-11/h6-8,10,14H,2-5,9,17H2,1H3. The Kier molecular flexibility index (Phi) is 5.19. The summed E-state index contributed by atoms with van der Waals surface area (Å²) >= 11 is 1.98. The summed E-state index contributed by atoms with van der Waals surface area (Å²) in [5.74, 6) is 0.0206. The number of rotatable bonds is 4. The van der Waals surface area contributed by atoms with Crippen LogP contribution in [0.2, 0.25) is 0 Å². The average molecular weight is 286 g/mol. The first-order valence-corrected chi connectivity index (χ1v) is 7.65. The largest absolute Gasteiger partial charge is 0.324 e. The topological polar surface area (TPSA) is 29.3 Å².